The molecule has 0 spiro atoms. The molecular formula is C29H36N4. The second-order valence-corrected chi connectivity index (χ2v) is 9.32. The highest BCUT2D eigenvalue weighted by atomic mass is 14.8. The largest absolute Gasteiger partial charge is 0.358 e. The van der Waals surface area contributed by atoms with Crippen molar-refractivity contribution in [3.05, 3.63) is 78.7 Å². The predicted octanol–water partition coefficient (Wildman–Crippen LogP) is 7.20. The van der Waals surface area contributed by atoms with Crippen LogP contribution in [0.5, 0.6) is 0 Å². The van der Waals surface area contributed by atoms with E-state index in [1.54, 1.807) is 0 Å². The molecule has 2 aromatic rings. The summed E-state index contributed by atoms with van der Waals surface area (Å²) in [5.41, 5.74) is 17.5. The van der Waals surface area contributed by atoms with Gasteiger partial charge in [-0.1, -0.05) is 13.8 Å². The van der Waals surface area contributed by atoms with Crippen molar-refractivity contribution in [1.82, 2.24) is 9.97 Å². The maximum absolute atomic E-state index is 4.60. The number of hydrogen-bond acceptors (Lipinski definition) is 2. The zero-order valence-electron chi connectivity index (χ0n) is 21.3. The first kappa shape index (κ1) is 23.0. The van der Waals surface area contributed by atoms with Crippen LogP contribution in [0, 0.1) is 13.8 Å². The van der Waals surface area contributed by atoms with Crippen LogP contribution in [-0.4, -0.2) is 22.4 Å². The van der Waals surface area contributed by atoms with Gasteiger partial charge in [-0.05, 0) is 111 Å². The first-order valence-corrected chi connectivity index (χ1v) is 12.0. The van der Waals surface area contributed by atoms with Crippen LogP contribution in [0.2, 0.25) is 0 Å². The van der Waals surface area contributed by atoms with E-state index in [9.17, 15) is 0 Å². The lowest BCUT2D eigenvalue weighted by Gasteiger charge is -2.05. The molecule has 2 aliphatic heterocycles. The normalized spacial score (nSPS) is 18.3. The van der Waals surface area contributed by atoms with Crippen LogP contribution < -0.4 is 0 Å². The van der Waals surface area contributed by atoms with Gasteiger partial charge >= 0.3 is 0 Å². The highest BCUT2D eigenvalue weighted by Gasteiger charge is 2.19. The summed E-state index contributed by atoms with van der Waals surface area (Å²) in [7, 11) is 0. The average Bonchev–Trinajstić information content (AvgIpc) is 3.47. The fraction of sp³-hybridized carbons (Fsp3) is 0.379. The van der Waals surface area contributed by atoms with Gasteiger partial charge in [0, 0.05) is 41.6 Å². The molecular weight excluding hydrogens is 404 g/mol. The Kier molecular flexibility index (Phi) is 6.29. The molecule has 0 aliphatic carbocycles. The van der Waals surface area contributed by atoms with Crippen molar-refractivity contribution < 1.29 is 0 Å². The van der Waals surface area contributed by atoms with Gasteiger partial charge in [0.05, 0.1) is 11.4 Å². The van der Waals surface area contributed by atoms with Crippen molar-refractivity contribution in [2.75, 3.05) is 0 Å². The van der Waals surface area contributed by atoms with Gasteiger partial charge in [0.25, 0.3) is 0 Å². The Hall–Kier alpha value is -3.14. The minimum atomic E-state index is 0.870. The SMILES string of the molecule is CCc1c(Cc2[nH]c(/C=C3/N=CC(C)=C3C)c(C)c2CC)[nH]c(/C=C2/N=CC(C)=C2C)c1C. The summed E-state index contributed by atoms with van der Waals surface area (Å²) in [6.45, 7) is 17.5. The number of aromatic amines is 2. The molecule has 0 bridgehead atoms. The molecule has 0 radical (unpaired) electrons. The second kappa shape index (κ2) is 9.01. The Morgan fingerprint density at radius 2 is 1.06 bits per heavy atom. The molecule has 0 fully saturated rings. The Morgan fingerprint density at radius 1 is 0.667 bits per heavy atom. The van der Waals surface area contributed by atoms with Crippen molar-refractivity contribution in [2.45, 2.75) is 74.7 Å². The van der Waals surface area contributed by atoms with E-state index < -0.39 is 0 Å². The van der Waals surface area contributed by atoms with Crippen LogP contribution in [0.3, 0.4) is 0 Å². The third-order valence-electron chi connectivity index (χ3n) is 7.38. The van der Waals surface area contributed by atoms with Crippen LogP contribution in [0.15, 0.2) is 43.7 Å². The summed E-state index contributed by atoms with van der Waals surface area (Å²) in [5.74, 6) is 0. The summed E-state index contributed by atoms with van der Waals surface area (Å²) in [6.07, 6.45) is 11.2. The number of aromatic nitrogens is 2. The van der Waals surface area contributed by atoms with Gasteiger partial charge in [-0.3, -0.25) is 9.98 Å². The summed E-state index contributed by atoms with van der Waals surface area (Å²) >= 11 is 0. The van der Waals surface area contributed by atoms with Crippen LogP contribution in [0.1, 0.15) is 86.6 Å². The minimum absolute atomic E-state index is 0.870. The second-order valence-electron chi connectivity index (χ2n) is 9.32. The van der Waals surface area contributed by atoms with E-state index in [1.807, 2.05) is 12.4 Å². The molecule has 2 N–H and O–H groups in total. The van der Waals surface area contributed by atoms with Crippen LogP contribution in [0.25, 0.3) is 12.2 Å². The van der Waals surface area contributed by atoms with E-state index in [2.05, 4.69) is 87.5 Å². The molecule has 4 heterocycles. The molecule has 4 nitrogen and oxygen atoms in total. The minimum Gasteiger partial charge on any atom is -0.358 e. The van der Waals surface area contributed by atoms with E-state index >= 15 is 0 Å². The van der Waals surface area contributed by atoms with Crippen LogP contribution in [-0.2, 0) is 19.3 Å². The average molecular weight is 441 g/mol. The summed E-state index contributed by atoms with van der Waals surface area (Å²) in [5, 5.41) is 0. The molecule has 4 rings (SSSR count). The number of hydrogen-bond donors (Lipinski definition) is 2. The fourth-order valence-electron chi connectivity index (χ4n) is 4.85. The third kappa shape index (κ3) is 4.15. The first-order valence-electron chi connectivity index (χ1n) is 12.0. The number of nitrogens with zero attached hydrogens (tertiary/aromatic N) is 2. The summed E-state index contributed by atoms with van der Waals surface area (Å²) < 4.78 is 0. The van der Waals surface area contributed by atoms with Gasteiger partial charge in [-0.25, -0.2) is 0 Å². The molecule has 2 aliphatic rings. The van der Waals surface area contributed by atoms with Crippen molar-refractivity contribution >= 4 is 24.6 Å². The first-order chi connectivity index (χ1) is 15.7. The fourth-order valence-corrected chi connectivity index (χ4v) is 4.85. The van der Waals surface area contributed by atoms with Gasteiger partial charge < -0.3 is 9.97 Å². The van der Waals surface area contributed by atoms with Gasteiger partial charge in [0.2, 0.25) is 0 Å². The molecule has 0 saturated heterocycles. The van der Waals surface area contributed by atoms with E-state index in [1.165, 1.54) is 67.3 Å². The molecule has 2 aromatic heterocycles. The maximum atomic E-state index is 4.60. The number of allylic oxidation sites excluding steroid dienone is 4. The number of H-pyrrole nitrogens is 2. The number of aliphatic imine (C=N–C) groups is 2. The highest BCUT2D eigenvalue weighted by molar-refractivity contribution is 5.88. The zero-order valence-corrected chi connectivity index (χ0v) is 21.3. The maximum Gasteiger partial charge on any atom is 0.0682 e. The van der Waals surface area contributed by atoms with Crippen molar-refractivity contribution in [3.63, 3.8) is 0 Å². The van der Waals surface area contributed by atoms with Crippen molar-refractivity contribution in [2.24, 2.45) is 9.98 Å². The molecule has 0 amide bonds. The Labute approximate surface area is 198 Å². The molecule has 33 heavy (non-hydrogen) atoms. The van der Waals surface area contributed by atoms with Crippen LogP contribution in [0.4, 0.5) is 0 Å². The molecule has 172 valence electrons. The highest BCUT2D eigenvalue weighted by Crippen LogP contribution is 2.31. The molecule has 0 saturated carbocycles. The van der Waals surface area contributed by atoms with Gasteiger partial charge in [-0.2, -0.15) is 0 Å². The monoisotopic (exact) mass is 440 g/mol. The lowest BCUT2D eigenvalue weighted by Crippen LogP contribution is -1.97. The smallest absolute Gasteiger partial charge is 0.0682 e. The van der Waals surface area contributed by atoms with Crippen LogP contribution >= 0.6 is 0 Å². The van der Waals surface area contributed by atoms with Gasteiger partial charge in [0.15, 0.2) is 0 Å². The predicted molar refractivity (Wildman–Crippen MR) is 142 cm³/mol. The molecule has 0 unspecified atom stereocenters. The number of nitrogens with one attached hydrogen (secondary N) is 2. The number of rotatable bonds is 6. The van der Waals surface area contributed by atoms with E-state index in [-0.39, 0.29) is 0 Å². The lowest BCUT2D eigenvalue weighted by molar-refractivity contribution is 0.965. The topological polar surface area (TPSA) is 56.3 Å². The van der Waals surface area contributed by atoms with Gasteiger partial charge in [-0.15, -0.1) is 0 Å². The Bertz CT molecular complexity index is 1200. The molecule has 0 atom stereocenters. The van der Waals surface area contributed by atoms with Crippen molar-refractivity contribution in [1.29, 1.82) is 0 Å². The third-order valence-corrected chi connectivity index (χ3v) is 7.38. The van der Waals surface area contributed by atoms with E-state index in [0.717, 1.165) is 30.7 Å². The van der Waals surface area contributed by atoms with E-state index in [4.69, 9.17) is 0 Å². The lowest BCUT2D eigenvalue weighted by atomic mass is 10.0. The summed E-state index contributed by atoms with van der Waals surface area (Å²) in [4.78, 5) is 16.7. The van der Waals surface area contributed by atoms with Gasteiger partial charge in [0.1, 0.15) is 0 Å². The Balaban J connectivity index is 1.71. The Morgan fingerprint density at radius 3 is 1.36 bits per heavy atom. The molecule has 0 aromatic carbocycles. The molecule has 4 heteroatoms. The zero-order chi connectivity index (χ0) is 23.9. The summed E-state index contributed by atoms with van der Waals surface area (Å²) in [6, 6.07) is 0. The standard InChI is InChI=1S/C29H36N4/c1-9-22-20(7)26(11-24-18(5)16(3)14-30-24)32-28(22)13-29-23(10-2)21(8)27(33-29)12-25-19(6)17(4)15-31-25/h11-12,14-15,32-33H,9-10,13H2,1-8H3/b24-11+,25-12+. The quantitative estimate of drug-likeness (QED) is 0.477. The van der Waals surface area contributed by atoms with Crippen molar-refractivity contribution in [3.8, 4) is 0 Å². The van der Waals surface area contributed by atoms with E-state index in [0.29, 0.717) is 0 Å².